The molecule has 0 saturated heterocycles. The van der Waals surface area contributed by atoms with Gasteiger partial charge in [-0.2, -0.15) is 0 Å². The number of ether oxygens (including phenoxy) is 1. The Balaban J connectivity index is 1.65. The summed E-state index contributed by atoms with van der Waals surface area (Å²) >= 11 is 6.32. The molecule has 1 aliphatic carbocycles. The molecule has 2 aliphatic rings. The van der Waals surface area contributed by atoms with Gasteiger partial charge in [0, 0.05) is 16.8 Å². The summed E-state index contributed by atoms with van der Waals surface area (Å²) in [6.45, 7) is 0.396. The van der Waals surface area contributed by atoms with Crippen LogP contribution in [0, 0.1) is 11.2 Å². The van der Waals surface area contributed by atoms with Gasteiger partial charge in [-0.1, -0.05) is 23.7 Å². The number of rotatable bonds is 6. The van der Waals surface area contributed by atoms with E-state index in [1.54, 1.807) is 6.07 Å². The van der Waals surface area contributed by atoms with Crippen LogP contribution in [0.5, 0.6) is 0 Å². The minimum atomic E-state index is -1.25. The molecule has 0 unspecified atom stereocenters. The van der Waals surface area contributed by atoms with E-state index < -0.39 is 11.8 Å². The molecule has 6 nitrogen and oxygen atoms in total. The van der Waals surface area contributed by atoms with Crippen LogP contribution in [0.4, 0.5) is 4.39 Å². The number of benzene rings is 2. The maximum absolute atomic E-state index is 14.5. The number of halogens is 2. The van der Waals surface area contributed by atoms with Crippen LogP contribution in [0.25, 0.3) is 0 Å². The number of carboxylic acid groups (broad SMARTS) is 1. The van der Waals surface area contributed by atoms with Crippen molar-refractivity contribution in [2.24, 2.45) is 0 Å². The van der Waals surface area contributed by atoms with Crippen LogP contribution in [0.2, 0.25) is 5.02 Å². The minimum Gasteiger partial charge on any atom is -0.478 e. The van der Waals surface area contributed by atoms with Gasteiger partial charge in [-0.3, -0.25) is 10.2 Å². The number of carboxylic acids is 1. The van der Waals surface area contributed by atoms with E-state index in [-0.39, 0.29) is 29.4 Å². The van der Waals surface area contributed by atoms with Crippen molar-refractivity contribution in [3.8, 4) is 0 Å². The van der Waals surface area contributed by atoms with Crippen molar-refractivity contribution in [2.75, 3.05) is 13.2 Å². The maximum Gasteiger partial charge on any atom is 0.335 e. The molecule has 1 fully saturated rings. The first kappa shape index (κ1) is 21.2. The van der Waals surface area contributed by atoms with Crippen LogP contribution in [-0.4, -0.2) is 35.9 Å². The molecule has 3 N–H and O–H groups in total. The quantitative estimate of drug-likeness (QED) is 0.572. The number of hydrogen-bond donors (Lipinski definition) is 3. The van der Waals surface area contributed by atoms with Gasteiger partial charge in [0.15, 0.2) is 0 Å². The van der Waals surface area contributed by atoms with Crippen LogP contribution in [0.3, 0.4) is 0 Å². The van der Waals surface area contributed by atoms with E-state index in [0.717, 1.165) is 24.5 Å². The molecular formula is C23H20ClFN2O4. The fourth-order valence-electron chi connectivity index (χ4n) is 3.70. The Kier molecular flexibility index (Phi) is 5.89. The molecule has 0 atom stereocenters. The van der Waals surface area contributed by atoms with Gasteiger partial charge in [-0.05, 0) is 55.0 Å². The number of carbonyl (C=O) groups is 2. The van der Waals surface area contributed by atoms with Crippen molar-refractivity contribution in [3.05, 3.63) is 80.8 Å². The molecule has 1 saturated carbocycles. The molecular weight excluding hydrogens is 423 g/mol. The largest absolute Gasteiger partial charge is 0.478 e. The van der Waals surface area contributed by atoms with Crippen molar-refractivity contribution in [1.82, 2.24) is 5.32 Å². The van der Waals surface area contributed by atoms with E-state index in [0.29, 0.717) is 40.8 Å². The van der Waals surface area contributed by atoms with Crippen LogP contribution in [0.1, 0.15) is 57.0 Å². The van der Waals surface area contributed by atoms with Crippen molar-refractivity contribution >= 4 is 29.2 Å². The highest BCUT2D eigenvalue weighted by Crippen LogP contribution is 2.43. The predicted molar refractivity (Wildman–Crippen MR) is 114 cm³/mol. The molecule has 2 aromatic carbocycles. The lowest BCUT2D eigenvalue weighted by Gasteiger charge is -2.23. The molecule has 31 heavy (non-hydrogen) atoms. The molecule has 0 radical (unpaired) electrons. The number of carbonyl (C=O) groups excluding carboxylic acids is 1. The number of nitrogens with one attached hydrogen (secondary N) is 2. The lowest BCUT2D eigenvalue weighted by Crippen LogP contribution is -2.32. The van der Waals surface area contributed by atoms with Crippen LogP contribution in [0.15, 0.2) is 47.7 Å². The lowest BCUT2D eigenvalue weighted by molar-refractivity contribution is 0.0696. The summed E-state index contributed by atoms with van der Waals surface area (Å²) in [6, 6.07) is 8.78. The van der Waals surface area contributed by atoms with Crippen LogP contribution >= 0.6 is 11.6 Å². The van der Waals surface area contributed by atoms with Gasteiger partial charge in [-0.25, -0.2) is 9.18 Å². The van der Waals surface area contributed by atoms with E-state index >= 15 is 0 Å². The topological polar surface area (TPSA) is 99.5 Å². The summed E-state index contributed by atoms with van der Waals surface area (Å²) < 4.78 is 20.0. The fraction of sp³-hybridized carbons (Fsp3) is 0.261. The zero-order valence-corrected chi connectivity index (χ0v) is 17.3. The fourth-order valence-corrected chi connectivity index (χ4v) is 3.97. The molecule has 1 aliphatic heterocycles. The second kappa shape index (κ2) is 8.61. The third-order valence-electron chi connectivity index (χ3n) is 5.45. The highest BCUT2D eigenvalue weighted by atomic mass is 35.5. The number of hydrogen-bond acceptors (Lipinski definition) is 4. The highest BCUT2D eigenvalue weighted by Gasteiger charge is 2.30. The van der Waals surface area contributed by atoms with Gasteiger partial charge in [0.1, 0.15) is 5.82 Å². The van der Waals surface area contributed by atoms with Gasteiger partial charge in [0.25, 0.3) is 5.91 Å². The van der Waals surface area contributed by atoms with Crippen molar-refractivity contribution in [2.45, 2.75) is 25.2 Å². The van der Waals surface area contributed by atoms with Crippen molar-refractivity contribution in [3.63, 3.8) is 0 Å². The van der Waals surface area contributed by atoms with Crippen molar-refractivity contribution < 1.29 is 23.8 Å². The second-order valence-electron chi connectivity index (χ2n) is 7.57. The zero-order valence-electron chi connectivity index (χ0n) is 16.5. The van der Waals surface area contributed by atoms with Gasteiger partial charge in [0.05, 0.1) is 35.1 Å². The summed E-state index contributed by atoms with van der Waals surface area (Å²) in [6.07, 6.45) is 2.33. The summed E-state index contributed by atoms with van der Waals surface area (Å²) in [7, 11) is 0. The van der Waals surface area contributed by atoms with Crippen LogP contribution < -0.4 is 5.32 Å². The molecule has 1 amide bonds. The Hall–Kier alpha value is -3.03. The van der Waals surface area contributed by atoms with Gasteiger partial charge >= 0.3 is 5.97 Å². The third-order valence-corrected chi connectivity index (χ3v) is 5.76. The van der Waals surface area contributed by atoms with E-state index in [9.17, 15) is 14.0 Å². The first-order valence-electron chi connectivity index (χ1n) is 9.88. The molecule has 4 rings (SSSR count). The number of amides is 1. The molecule has 0 spiro atoms. The van der Waals surface area contributed by atoms with Gasteiger partial charge < -0.3 is 15.2 Å². The van der Waals surface area contributed by atoms with E-state index in [1.807, 2.05) is 12.1 Å². The maximum atomic E-state index is 14.5. The van der Waals surface area contributed by atoms with E-state index in [2.05, 4.69) is 5.32 Å². The molecule has 160 valence electrons. The monoisotopic (exact) mass is 442 g/mol. The Morgan fingerprint density at radius 1 is 1.23 bits per heavy atom. The Bertz CT molecular complexity index is 1120. The second-order valence-corrected chi connectivity index (χ2v) is 7.97. The average Bonchev–Trinajstić information content (AvgIpc) is 3.58. The van der Waals surface area contributed by atoms with Gasteiger partial charge in [0.2, 0.25) is 0 Å². The summed E-state index contributed by atoms with van der Waals surface area (Å²) in [5, 5.41) is 20.7. The lowest BCUT2D eigenvalue weighted by atomic mass is 9.95. The molecule has 1 heterocycles. The van der Waals surface area contributed by atoms with Crippen LogP contribution in [-0.2, 0) is 4.74 Å². The normalized spacial score (nSPS) is 16.2. The van der Waals surface area contributed by atoms with E-state index in [1.165, 1.54) is 12.1 Å². The standard InChI is InChI=1S/C23H20ClFN2O4/c24-17-3-1-2-14(12-4-5-12)20(17)22(28)27-19-11-31-9-8-16(19)21(26)15-7-6-13(23(29)30)10-18(15)25/h1-3,6-7,10,12,26H,4-5,8-9,11H2,(H,27,28)(H,29,30). The average molecular weight is 443 g/mol. The Morgan fingerprint density at radius 2 is 2.00 bits per heavy atom. The Labute approximate surface area is 183 Å². The molecule has 0 bridgehead atoms. The summed E-state index contributed by atoms with van der Waals surface area (Å²) in [5.41, 5.74) is 1.78. The smallest absolute Gasteiger partial charge is 0.335 e. The predicted octanol–water partition coefficient (Wildman–Crippen LogP) is 4.53. The SMILES string of the molecule is N=C(C1=C(NC(=O)c2c(Cl)cccc2C2CC2)COCC1)c1ccc(C(=O)O)cc1F. The zero-order chi connectivity index (χ0) is 22.1. The molecule has 8 heteroatoms. The number of aromatic carboxylic acids is 1. The third kappa shape index (κ3) is 4.38. The van der Waals surface area contributed by atoms with Crippen molar-refractivity contribution in [1.29, 1.82) is 5.41 Å². The summed E-state index contributed by atoms with van der Waals surface area (Å²) in [5.74, 6) is -2.13. The first-order valence-corrected chi connectivity index (χ1v) is 10.3. The van der Waals surface area contributed by atoms with E-state index in [4.69, 9.17) is 26.9 Å². The molecule has 2 aromatic rings. The Morgan fingerprint density at radius 3 is 2.68 bits per heavy atom. The summed E-state index contributed by atoms with van der Waals surface area (Å²) in [4.78, 5) is 24.1. The van der Waals surface area contributed by atoms with Gasteiger partial charge in [-0.15, -0.1) is 0 Å². The first-order chi connectivity index (χ1) is 14.9. The minimum absolute atomic E-state index is 0.0370. The highest BCUT2D eigenvalue weighted by molar-refractivity contribution is 6.34. The molecule has 0 aromatic heterocycles.